The highest BCUT2D eigenvalue weighted by molar-refractivity contribution is 7.89. The molecule has 0 radical (unpaired) electrons. The minimum Gasteiger partial charge on any atom is -0.310 e. The van der Waals surface area contributed by atoms with Crippen LogP contribution in [0.1, 0.15) is 18.4 Å². The maximum atomic E-state index is 12.3. The van der Waals surface area contributed by atoms with Crippen LogP contribution in [0, 0.1) is 0 Å². The van der Waals surface area contributed by atoms with E-state index in [2.05, 4.69) is 25.3 Å². The van der Waals surface area contributed by atoms with E-state index < -0.39 is 10.0 Å². The van der Waals surface area contributed by atoms with E-state index in [1.807, 2.05) is 0 Å². The molecule has 3 N–H and O–H groups in total. The van der Waals surface area contributed by atoms with E-state index in [-0.39, 0.29) is 11.6 Å². The molecular weight excluding hydrogens is 292 g/mol. The summed E-state index contributed by atoms with van der Waals surface area (Å²) >= 11 is 0. The van der Waals surface area contributed by atoms with Crippen LogP contribution in [-0.2, 0) is 23.1 Å². The van der Waals surface area contributed by atoms with Gasteiger partial charge in [0.1, 0.15) is 0 Å². The Morgan fingerprint density at radius 3 is 3.00 bits per heavy atom. The van der Waals surface area contributed by atoms with Gasteiger partial charge in [0, 0.05) is 37.1 Å². The third-order valence-corrected chi connectivity index (χ3v) is 4.77. The minimum absolute atomic E-state index is 0.135. The average molecular weight is 310 g/mol. The average Bonchev–Trinajstić information content (AvgIpc) is 2.93. The second-order valence-electron chi connectivity index (χ2n) is 5.05. The highest BCUT2D eigenvalue weighted by Crippen LogP contribution is 2.20. The summed E-state index contributed by atoms with van der Waals surface area (Å²) in [5, 5.41) is 13.9. The van der Waals surface area contributed by atoms with Gasteiger partial charge in [-0.25, -0.2) is 13.1 Å². The van der Waals surface area contributed by atoms with E-state index in [4.69, 9.17) is 0 Å². The number of sulfonamides is 1. The summed E-state index contributed by atoms with van der Waals surface area (Å²) in [5.41, 5.74) is 0.661. The number of rotatable bonds is 8. The first-order valence-electron chi connectivity index (χ1n) is 6.88. The quantitative estimate of drug-likeness (QED) is 0.628. The summed E-state index contributed by atoms with van der Waals surface area (Å²) in [6.45, 7) is 1.27. The molecule has 0 atom stereocenters. The van der Waals surface area contributed by atoms with Crippen molar-refractivity contribution in [1.82, 2.24) is 30.0 Å². The molecular formula is C12H18N6O2S. The molecule has 1 aliphatic carbocycles. The SMILES string of the molecule is O=S(=O)(NCCn1cccn1)c1[nH]ncc1CNC1CC1. The lowest BCUT2D eigenvalue weighted by molar-refractivity contribution is 0.555. The Bertz CT molecular complexity index is 674. The van der Waals surface area contributed by atoms with Crippen molar-refractivity contribution >= 4 is 10.0 Å². The molecule has 1 saturated carbocycles. The molecule has 1 fully saturated rings. The molecule has 8 nitrogen and oxygen atoms in total. The second kappa shape index (κ2) is 5.96. The zero-order chi connectivity index (χ0) is 14.7. The monoisotopic (exact) mass is 310 g/mol. The number of nitrogens with zero attached hydrogens (tertiary/aromatic N) is 3. The molecule has 2 aromatic heterocycles. The van der Waals surface area contributed by atoms with Crippen molar-refractivity contribution in [2.24, 2.45) is 0 Å². The van der Waals surface area contributed by atoms with Crippen molar-refractivity contribution in [2.75, 3.05) is 6.54 Å². The third kappa shape index (κ3) is 3.69. The van der Waals surface area contributed by atoms with Crippen molar-refractivity contribution in [3.63, 3.8) is 0 Å². The van der Waals surface area contributed by atoms with Gasteiger partial charge < -0.3 is 5.32 Å². The molecule has 2 aromatic rings. The van der Waals surface area contributed by atoms with Crippen molar-refractivity contribution in [3.8, 4) is 0 Å². The summed E-state index contributed by atoms with van der Waals surface area (Å²) < 4.78 is 28.8. The van der Waals surface area contributed by atoms with Crippen LogP contribution in [0.2, 0.25) is 0 Å². The van der Waals surface area contributed by atoms with Crippen LogP contribution < -0.4 is 10.0 Å². The first-order valence-corrected chi connectivity index (χ1v) is 8.36. The van der Waals surface area contributed by atoms with Gasteiger partial charge in [0.05, 0.1) is 12.7 Å². The van der Waals surface area contributed by atoms with E-state index in [1.165, 1.54) is 0 Å². The van der Waals surface area contributed by atoms with E-state index >= 15 is 0 Å². The number of nitrogens with one attached hydrogen (secondary N) is 3. The lowest BCUT2D eigenvalue weighted by Crippen LogP contribution is -2.29. The molecule has 0 bridgehead atoms. The Balaban J connectivity index is 1.59. The Kier molecular flexibility index (Phi) is 4.04. The van der Waals surface area contributed by atoms with Crippen molar-refractivity contribution in [3.05, 3.63) is 30.2 Å². The number of aromatic amines is 1. The Morgan fingerprint density at radius 1 is 1.43 bits per heavy atom. The fraction of sp³-hybridized carbons (Fsp3) is 0.500. The molecule has 3 rings (SSSR count). The van der Waals surface area contributed by atoms with Crippen LogP contribution >= 0.6 is 0 Å². The number of aromatic nitrogens is 4. The molecule has 0 aromatic carbocycles. The molecule has 0 unspecified atom stereocenters. The van der Waals surface area contributed by atoms with Crippen molar-refractivity contribution < 1.29 is 8.42 Å². The molecule has 2 heterocycles. The topological polar surface area (TPSA) is 105 Å². The zero-order valence-electron chi connectivity index (χ0n) is 11.5. The van der Waals surface area contributed by atoms with Crippen molar-refractivity contribution in [2.45, 2.75) is 37.0 Å². The lowest BCUT2D eigenvalue weighted by atomic mass is 10.3. The fourth-order valence-corrected chi connectivity index (χ4v) is 3.15. The first kappa shape index (κ1) is 14.2. The predicted octanol–water partition coefficient (Wildman–Crippen LogP) is -0.163. The Morgan fingerprint density at radius 2 is 2.29 bits per heavy atom. The summed E-state index contributed by atoms with van der Waals surface area (Å²) in [7, 11) is -3.58. The van der Waals surface area contributed by atoms with Gasteiger partial charge in [0.2, 0.25) is 0 Å². The van der Waals surface area contributed by atoms with Crippen LogP contribution in [0.4, 0.5) is 0 Å². The van der Waals surface area contributed by atoms with Gasteiger partial charge in [-0.1, -0.05) is 0 Å². The third-order valence-electron chi connectivity index (χ3n) is 3.30. The highest BCUT2D eigenvalue weighted by atomic mass is 32.2. The summed E-state index contributed by atoms with van der Waals surface area (Å²) in [6, 6.07) is 2.31. The lowest BCUT2D eigenvalue weighted by Gasteiger charge is -2.08. The standard InChI is InChI=1S/C12H18N6O2S/c19-21(20,16-5-7-18-6-1-4-15-18)12-10(9-14-17-12)8-13-11-2-3-11/h1,4,6,9,11,13,16H,2-3,5,7-8H2,(H,14,17). The van der Waals surface area contributed by atoms with Crippen LogP contribution in [0.3, 0.4) is 0 Å². The fourth-order valence-electron chi connectivity index (χ4n) is 2.00. The summed E-state index contributed by atoms with van der Waals surface area (Å²) in [4.78, 5) is 0. The second-order valence-corrected chi connectivity index (χ2v) is 6.75. The molecule has 1 aliphatic rings. The molecule has 21 heavy (non-hydrogen) atoms. The molecule has 0 amide bonds. The highest BCUT2D eigenvalue weighted by Gasteiger charge is 2.24. The maximum absolute atomic E-state index is 12.3. The van der Waals surface area contributed by atoms with Gasteiger partial charge in [-0.15, -0.1) is 0 Å². The van der Waals surface area contributed by atoms with E-state index in [9.17, 15) is 8.42 Å². The summed E-state index contributed by atoms with van der Waals surface area (Å²) in [5.74, 6) is 0. The van der Waals surface area contributed by atoms with Crippen molar-refractivity contribution in [1.29, 1.82) is 0 Å². The number of H-pyrrole nitrogens is 1. The number of hydrogen-bond acceptors (Lipinski definition) is 5. The van der Waals surface area contributed by atoms with Crippen LogP contribution in [-0.4, -0.2) is 41.0 Å². The summed E-state index contributed by atoms with van der Waals surface area (Å²) in [6.07, 6.45) is 7.31. The van der Waals surface area contributed by atoms with E-state index in [1.54, 1.807) is 29.3 Å². The van der Waals surface area contributed by atoms with E-state index in [0.29, 0.717) is 24.7 Å². The Hall–Kier alpha value is -1.71. The van der Waals surface area contributed by atoms with Crippen LogP contribution in [0.25, 0.3) is 0 Å². The first-order chi connectivity index (χ1) is 10.1. The van der Waals surface area contributed by atoms with Gasteiger partial charge >= 0.3 is 0 Å². The van der Waals surface area contributed by atoms with Crippen LogP contribution in [0.15, 0.2) is 29.7 Å². The van der Waals surface area contributed by atoms with Gasteiger partial charge in [-0.05, 0) is 18.9 Å². The Labute approximate surface area is 123 Å². The molecule has 0 saturated heterocycles. The van der Waals surface area contributed by atoms with E-state index in [0.717, 1.165) is 12.8 Å². The normalized spacial score (nSPS) is 15.4. The number of hydrogen-bond donors (Lipinski definition) is 3. The largest absolute Gasteiger partial charge is 0.310 e. The molecule has 9 heteroatoms. The smallest absolute Gasteiger partial charge is 0.257 e. The molecule has 114 valence electrons. The van der Waals surface area contributed by atoms with Gasteiger partial charge in [-0.2, -0.15) is 10.2 Å². The zero-order valence-corrected chi connectivity index (χ0v) is 12.3. The van der Waals surface area contributed by atoms with Gasteiger partial charge in [0.15, 0.2) is 5.03 Å². The van der Waals surface area contributed by atoms with Gasteiger partial charge in [0.25, 0.3) is 10.0 Å². The van der Waals surface area contributed by atoms with Gasteiger partial charge in [-0.3, -0.25) is 9.78 Å². The molecule has 0 spiro atoms. The van der Waals surface area contributed by atoms with Crippen LogP contribution in [0.5, 0.6) is 0 Å². The predicted molar refractivity (Wildman–Crippen MR) is 75.9 cm³/mol. The molecule has 0 aliphatic heterocycles. The minimum atomic E-state index is -3.58. The maximum Gasteiger partial charge on any atom is 0.257 e.